The quantitative estimate of drug-likeness (QED) is 0.726. The normalized spacial score (nSPS) is 15.3. The lowest BCUT2D eigenvalue weighted by molar-refractivity contribution is 0.0768. The van der Waals surface area contributed by atoms with Crippen LogP contribution in [0.5, 0.6) is 0 Å². The van der Waals surface area contributed by atoms with E-state index < -0.39 is 0 Å². The number of aromatic nitrogens is 5. The summed E-state index contributed by atoms with van der Waals surface area (Å²) in [5, 5.41) is 4.25. The summed E-state index contributed by atoms with van der Waals surface area (Å²) in [4.78, 5) is 29.8. The van der Waals surface area contributed by atoms with Crippen molar-refractivity contribution >= 4 is 23.3 Å². The van der Waals surface area contributed by atoms with Crippen LogP contribution >= 0.6 is 0 Å². The van der Waals surface area contributed by atoms with Crippen LogP contribution in [0.25, 0.3) is 5.65 Å². The Labute approximate surface area is 150 Å². The van der Waals surface area contributed by atoms with Crippen LogP contribution in [-0.2, 0) is 0 Å². The molecule has 1 aliphatic heterocycles. The largest absolute Gasteiger partial charge is 0.384 e. The molecule has 134 valence electrons. The van der Waals surface area contributed by atoms with Gasteiger partial charge in [0.25, 0.3) is 5.91 Å². The van der Waals surface area contributed by atoms with Crippen LogP contribution in [0.15, 0.2) is 30.9 Å². The highest BCUT2D eigenvalue weighted by atomic mass is 16.2. The molecule has 0 aliphatic carbocycles. The van der Waals surface area contributed by atoms with Gasteiger partial charge < -0.3 is 15.5 Å². The Balaban J connectivity index is 1.52. The zero-order chi connectivity index (χ0) is 18.1. The molecule has 3 aromatic heterocycles. The van der Waals surface area contributed by atoms with Gasteiger partial charge in [-0.1, -0.05) is 0 Å². The number of hydrogen-bond donors (Lipinski definition) is 1. The molecule has 0 saturated carbocycles. The summed E-state index contributed by atoms with van der Waals surface area (Å²) in [7, 11) is 0. The number of amides is 1. The summed E-state index contributed by atoms with van der Waals surface area (Å²) in [6.07, 6.45) is 7.68. The predicted octanol–water partition coefficient (Wildman–Crippen LogP) is 0.762. The standard InChI is InChI=1S/C17H20N8O/c1-12-9-20-15-13(10-21-25(15)11-12)16(26)23-5-2-6-24(8-7-23)17-19-4-3-14(18)22-17/h3-4,9-11H,2,5-8H2,1H3,(H2,18,19,22). The van der Waals surface area contributed by atoms with Gasteiger partial charge >= 0.3 is 0 Å². The Morgan fingerprint density at radius 3 is 2.88 bits per heavy atom. The maximum absolute atomic E-state index is 13.0. The molecule has 0 bridgehead atoms. The van der Waals surface area contributed by atoms with Crippen molar-refractivity contribution in [2.75, 3.05) is 36.8 Å². The van der Waals surface area contributed by atoms with Gasteiger partial charge in [0.1, 0.15) is 11.4 Å². The van der Waals surface area contributed by atoms with Crippen molar-refractivity contribution in [2.24, 2.45) is 0 Å². The number of nitrogen functional groups attached to an aromatic ring is 1. The van der Waals surface area contributed by atoms with Crippen molar-refractivity contribution in [3.05, 3.63) is 42.0 Å². The average Bonchev–Trinajstić information content (AvgIpc) is 2.88. The van der Waals surface area contributed by atoms with Crippen molar-refractivity contribution in [1.82, 2.24) is 29.5 Å². The summed E-state index contributed by atoms with van der Waals surface area (Å²) in [6.45, 7) is 4.62. The summed E-state index contributed by atoms with van der Waals surface area (Å²) in [6, 6.07) is 1.66. The van der Waals surface area contributed by atoms with Gasteiger partial charge in [0.2, 0.25) is 5.95 Å². The number of nitrogens with zero attached hydrogens (tertiary/aromatic N) is 7. The molecule has 0 radical (unpaired) electrons. The van der Waals surface area contributed by atoms with Gasteiger partial charge in [0.05, 0.1) is 6.20 Å². The van der Waals surface area contributed by atoms with Gasteiger partial charge in [0.15, 0.2) is 5.65 Å². The molecule has 4 heterocycles. The van der Waals surface area contributed by atoms with Gasteiger partial charge in [-0.15, -0.1) is 0 Å². The van der Waals surface area contributed by atoms with Crippen LogP contribution in [0.2, 0.25) is 0 Å². The van der Waals surface area contributed by atoms with E-state index in [0.717, 1.165) is 18.5 Å². The number of fused-ring (bicyclic) bond motifs is 1. The smallest absolute Gasteiger partial charge is 0.259 e. The number of carbonyl (C=O) groups excluding carboxylic acids is 1. The van der Waals surface area contributed by atoms with Gasteiger partial charge in [-0.3, -0.25) is 4.79 Å². The molecule has 2 N–H and O–H groups in total. The predicted molar refractivity (Wildman–Crippen MR) is 96.9 cm³/mol. The van der Waals surface area contributed by atoms with Crippen LogP contribution in [-0.4, -0.2) is 61.6 Å². The third-order valence-corrected chi connectivity index (χ3v) is 4.45. The molecule has 1 saturated heterocycles. The first-order valence-corrected chi connectivity index (χ1v) is 8.54. The van der Waals surface area contributed by atoms with Gasteiger partial charge in [-0.05, 0) is 25.0 Å². The van der Waals surface area contributed by atoms with E-state index in [1.54, 1.807) is 29.2 Å². The van der Waals surface area contributed by atoms with Gasteiger partial charge in [-0.2, -0.15) is 10.1 Å². The second-order valence-electron chi connectivity index (χ2n) is 6.37. The Hall–Kier alpha value is -3.23. The van der Waals surface area contributed by atoms with Crippen molar-refractivity contribution in [3.8, 4) is 0 Å². The van der Waals surface area contributed by atoms with Crippen molar-refractivity contribution < 1.29 is 4.79 Å². The third-order valence-electron chi connectivity index (χ3n) is 4.45. The molecule has 3 aromatic rings. The monoisotopic (exact) mass is 352 g/mol. The highest BCUT2D eigenvalue weighted by Crippen LogP contribution is 2.16. The Morgan fingerprint density at radius 2 is 2.04 bits per heavy atom. The fourth-order valence-electron chi connectivity index (χ4n) is 3.12. The molecule has 0 atom stereocenters. The SMILES string of the molecule is Cc1cnc2c(C(=O)N3CCCN(c4nccc(N)n4)CC3)cnn2c1. The summed E-state index contributed by atoms with van der Waals surface area (Å²) < 4.78 is 1.65. The first-order valence-electron chi connectivity index (χ1n) is 8.54. The number of rotatable bonds is 2. The molecule has 4 rings (SSSR count). The van der Waals surface area contributed by atoms with E-state index in [4.69, 9.17) is 5.73 Å². The number of nitrogens with two attached hydrogens (primary N) is 1. The maximum atomic E-state index is 13.0. The van der Waals surface area contributed by atoms with E-state index in [-0.39, 0.29) is 5.91 Å². The molecule has 0 spiro atoms. The third kappa shape index (κ3) is 3.03. The van der Waals surface area contributed by atoms with E-state index >= 15 is 0 Å². The van der Waals surface area contributed by atoms with Crippen molar-refractivity contribution in [2.45, 2.75) is 13.3 Å². The van der Waals surface area contributed by atoms with Crippen LogP contribution in [0.3, 0.4) is 0 Å². The first kappa shape index (κ1) is 16.2. The fourth-order valence-corrected chi connectivity index (χ4v) is 3.12. The molecule has 1 aliphatic rings. The average molecular weight is 352 g/mol. The Morgan fingerprint density at radius 1 is 1.15 bits per heavy atom. The van der Waals surface area contributed by atoms with Crippen LogP contribution in [0, 0.1) is 6.92 Å². The van der Waals surface area contributed by atoms with Gasteiger partial charge in [0, 0.05) is 44.8 Å². The Kier molecular flexibility index (Phi) is 4.11. The van der Waals surface area contributed by atoms with E-state index in [9.17, 15) is 4.79 Å². The molecule has 1 fully saturated rings. The second-order valence-corrected chi connectivity index (χ2v) is 6.37. The zero-order valence-corrected chi connectivity index (χ0v) is 14.5. The molecule has 9 nitrogen and oxygen atoms in total. The minimum Gasteiger partial charge on any atom is -0.384 e. The lowest BCUT2D eigenvalue weighted by Crippen LogP contribution is -2.35. The van der Waals surface area contributed by atoms with Crippen LogP contribution < -0.4 is 10.6 Å². The highest BCUT2D eigenvalue weighted by Gasteiger charge is 2.24. The molecule has 26 heavy (non-hydrogen) atoms. The van der Waals surface area contributed by atoms with E-state index in [1.165, 1.54) is 0 Å². The molecular weight excluding hydrogens is 332 g/mol. The number of anilines is 2. The van der Waals surface area contributed by atoms with Crippen LogP contribution in [0.1, 0.15) is 22.3 Å². The molecule has 9 heteroatoms. The zero-order valence-electron chi connectivity index (χ0n) is 14.5. The number of aryl methyl sites for hydroxylation is 1. The van der Waals surface area contributed by atoms with Crippen molar-refractivity contribution in [3.63, 3.8) is 0 Å². The Bertz CT molecular complexity index is 953. The molecule has 0 aromatic carbocycles. The lowest BCUT2D eigenvalue weighted by atomic mass is 10.2. The molecule has 0 unspecified atom stereocenters. The number of hydrogen-bond acceptors (Lipinski definition) is 7. The topological polar surface area (TPSA) is 106 Å². The van der Waals surface area contributed by atoms with Crippen molar-refractivity contribution in [1.29, 1.82) is 0 Å². The number of carbonyl (C=O) groups is 1. The van der Waals surface area contributed by atoms with E-state index in [2.05, 4.69) is 25.0 Å². The highest BCUT2D eigenvalue weighted by molar-refractivity contribution is 5.99. The van der Waals surface area contributed by atoms with E-state index in [0.29, 0.717) is 42.6 Å². The second kappa shape index (κ2) is 6.58. The first-order chi connectivity index (χ1) is 12.6. The minimum atomic E-state index is -0.0494. The summed E-state index contributed by atoms with van der Waals surface area (Å²) in [5.74, 6) is 0.999. The van der Waals surface area contributed by atoms with Gasteiger partial charge in [-0.25, -0.2) is 14.5 Å². The minimum absolute atomic E-state index is 0.0494. The molecular formula is C17H20N8O. The summed E-state index contributed by atoms with van der Waals surface area (Å²) in [5.41, 5.74) is 7.85. The maximum Gasteiger partial charge on any atom is 0.259 e. The molecule has 1 amide bonds. The van der Waals surface area contributed by atoms with Crippen LogP contribution in [0.4, 0.5) is 11.8 Å². The summed E-state index contributed by atoms with van der Waals surface area (Å²) >= 11 is 0. The van der Waals surface area contributed by atoms with E-state index in [1.807, 2.05) is 18.0 Å². The lowest BCUT2D eigenvalue weighted by Gasteiger charge is -2.21. The fraction of sp³-hybridized carbons (Fsp3) is 0.353.